The molecule has 2 heterocycles. The summed E-state index contributed by atoms with van der Waals surface area (Å²) in [4.78, 5) is 83.5. The molecule has 0 spiro atoms. The van der Waals surface area contributed by atoms with E-state index in [1.165, 1.54) is 13.8 Å². The van der Waals surface area contributed by atoms with E-state index in [9.17, 15) is 54.0 Å². The highest BCUT2D eigenvalue weighted by molar-refractivity contribution is 5.91. The molecule has 0 unspecified atom stereocenters. The third-order valence-corrected chi connectivity index (χ3v) is 7.28. The number of carboxylic acid groups (broad SMARTS) is 3. The Hall–Kier alpha value is -3.95. The Kier molecular flexibility index (Phi) is 13.8. The number of carbonyl (C=O) groups excluding carboxylic acids is 4. The van der Waals surface area contributed by atoms with Gasteiger partial charge < -0.3 is 66.7 Å². The van der Waals surface area contributed by atoms with Crippen LogP contribution < -0.4 is 27.0 Å². The van der Waals surface area contributed by atoms with Gasteiger partial charge in [0.05, 0.1) is 6.61 Å². The standard InChI is InChI=1S/C26H41N5O15/c1-10(28-21(36)11(2)45-19-18(34)16-9-44-25(46-16)26(19,43)31-12(3)32)20(35)30-15(24(41)42)7-8-17(33)29-14(23(39)40)6-4-5-13(27)22(37)38/h10-11,13-16,18-19,25,34,43H,4-9,27H2,1-3H3,(H,28,36)(H,29,33)(H,30,35)(H,31,32)(H,37,38)(H,39,40)(H,41,42)/t10-,11+,13+,14-,15+,16+,18+,19-,25+,26+/m0/s1. The second-order valence-corrected chi connectivity index (χ2v) is 11.0. The van der Waals surface area contributed by atoms with Crippen molar-refractivity contribution in [3.8, 4) is 0 Å². The van der Waals surface area contributed by atoms with Crippen LogP contribution >= 0.6 is 0 Å². The van der Waals surface area contributed by atoms with E-state index < -0.39 is 115 Å². The molecule has 0 aliphatic carbocycles. The summed E-state index contributed by atoms with van der Waals surface area (Å²) in [6.45, 7) is 3.43. The molecule has 2 bridgehead atoms. The Bertz CT molecular complexity index is 1170. The number of hydrogen-bond acceptors (Lipinski definition) is 13. The van der Waals surface area contributed by atoms with Crippen molar-refractivity contribution >= 4 is 41.5 Å². The van der Waals surface area contributed by atoms with Crippen molar-refractivity contribution in [2.24, 2.45) is 5.73 Å². The first kappa shape index (κ1) is 38.2. The molecule has 0 aromatic rings. The van der Waals surface area contributed by atoms with Crippen LogP contribution in [0, 0.1) is 0 Å². The maximum absolute atomic E-state index is 12.8. The lowest BCUT2D eigenvalue weighted by Gasteiger charge is -2.45. The van der Waals surface area contributed by atoms with Gasteiger partial charge in [0.2, 0.25) is 35.6 Å². The summed E-state index contributed by atoms with van der Waals surface area (Å²) in [7, 11) is 0. The zero-order valence-corrected chi connectivity index (χ0v) is 25.3. The molecule has 11 N–H and O–H groups in total. The number of carboxylic acids is 3. The zero-order chi connectivity index (χ0) is 34.9. The summed E-state index contributed by atoms with van der Waals surface area (Å²) in [6.07, 6.45) is -7.89. The smallest absolute Gasteiger partial charge is 0.326 e. The highest BCUT2D eigenvalue weighted by atomic mass is 16.8. The maximum atomic E-state index is 12.8. The molecular weight excluding hydrogens is 622 g/mol. The minimum absolute atomic E-state index is 0.0333. The molecule has 2 fully saturated rings. The SMILES string of the molecule is CC(=O)N[C@]1(O)[C@@H]2OC[C@@H](O2)[C@@H](O)[C@@H]1O[C@H](C)C(=O)N[C@@H](C)C(=O)N[C@H](CCC(=O)N[C@@H](CCC[C@@H](N)C(=O)O)C(=O)O)C(=O)O. The summed E-state index contributed by atoms with van der Waals surface area (Å²) >= 11 is 0. The van der Waals surface area contributed by atoms with E-state index in [2.05, 4.69) is 21.3 Å². The topological polar surface area (TPSA) is 322 Å². The van der Waals surface area contributed by atoms with E-state index in [-0.39, 0.29) is 25.9 Å². The van der Waals surface area contributed by atoms with Crippen LogP contribution in [0.4, 0.5) is 0 Å². The Balaban J connectivity index is 1.91. The van der Waals surface area contributed by atoms with Gasteiger partial charge in [0.1, 0.15) is 48.6 Å². The quantitative estimate of drug-likeness (QED) is 0.0620. The maximum Gasteiger partial charge on any atom is 0.326 e. The molecular formula is C26H41N5O15. The van der Waals surface area contributed by atoms with E-state index in [0.29, 0.717) is 0 Å². The van der Waals surface area contributed by atoms with Gasteiger partial charge in [-0.3, -0.25) is 24.0 Å². The minimum Gasteiger partial charge on any atom is -0.480 e. The van der Waals surface area contributed by atoms with Crippen molar-refractivity contribution in [2.45, 2.75) is 113 Å². The Morgan fingerprint density at radius 1 is 0.913 bits per heavy atom. The average Bonchev–Trinajstić information content (AvgIpc) is 3.44. The van der Waals surface area contributed by atoms with Gasteiger partial charge in [-0.2, -0.15) is 0 Å². The van der Waals surface area contributed by atoms with E-state index in [0.717, 1.165) is 6.92 Å². The average molecular weight is 664 g/mol. The van der Waals surface area contributed by atoms with Gasteiger partial charge in [-0.05, 0) is 39.5 Å². The molecule has 0 aromatic heterocycles. The number of nitrogens with two attached hydrogens (primary N) is 1. The summed E-state index contributed by atoms with van der Waals surface area (Å²) in [5.74, 6) is -7.59. The third-order valence-electron chi connectivity index (χ3n) is 7.28. The highest BCUT2D eigenvalue weighted by Gasteiger charge is 2.61. The first-order valence-corrected chi connectivity index (χ1v) is 14.3. The molecule has 260 valence electrons. The van der Waals surface area contributed by atoms with Gasteiger partial charge in [0.25, 0.3) is 0 Å². The summed E-state index contributed by atoms with van der Waals surface area (Å²) in [5, 5.41) is 58.2. The molecule has 20 heteroatoms. The van der Waals surface area contributed by atoms with Gasteiger partial charge in [0.15, 0.2) is 0 Å². The molecule has 0 radical (unpaired) electrons. The fourth-order valence-electron chi connectivity index (χ4n) is 4.71. The van der Waals surface area contributed by atoms with Crippen LogP contribution in [0.2, 0.25) is 0 Å². The predicted octanol–water partition coefficient (Wildman–Crippen LogP) is -4.29. The van der Waals surface area contributed by atoms with Crippen molar-refractivity contribution in [3.63, 3.8) is 0 Å². The van der Waals surface area contributed by atoms with Crippen LogP contribution in [0.3, 0.4) is 0 Å². The Labute approximate surface area is 262 Å². The number of hydrogen-bond donors (Lipinski definition) is 10. The molecule has 46 heavy (non-hydrogen) atoms. The largest absolute Gasteiger partial charge is 0.480 e. The van der Waals surface area contributed by atoms with Gasteiger partial charge in [-0.25, -0.2) is 9.59 Å². The molecule has 2 aliphatic heterocycles. The number of carbonyl (C=O) groups is 7. The van der Waals surface area contributed by atoms with Crippen molar-refractivity contribution in [3.05, 3.63) is 0 Å². The van der Waals surface area contributed by atoms with E-state index in [4.69, 9.17) is 25.1 Å². The lowest BCUT2D eigenvalue weighted by molar-refractivity contribution is -0.304. The second-order valence-electron chi connectivity index (χ2n) is 11.0. The number of aliphatic hydroxyl groups excluding tert-OH is 1. The number of ether oxygens (including phenoxy) is 3. The molecule has 0 aromatic carbocycles. The molecule has 2 aliphatic rings. The first-order chi connectivity index (χ1) is 21.4. The fourth-order valence-corrected chi connectivity index (χ4v) is 4.71. The number of amides is 4. The van der Waals surface area contributed by atoms with Gasteiger partial charge in [-0.15, -0.1) is 0 Å². The molecule has 20 nitrogen and oxygen atoms in total. The predicted molar refractivity (Wildman–Crippen MR) is 149 cm³/mol. The monoisotopic (exact) mass is 663 g/mol. The van der Waals surface area contributed by atoms with Crippen LogP contribution in [-0.4, -0.2) is 134 Å². The van der Waals surface area contributed by atoms with Crippen LogP contribution in [0.5, 0.6) is 0 Å². The fraction of sp³-hybridized carbons (Fsp3) is 0.731. The van der Waals surface area contributed by atoms with Crippen molar-refractivity contribution in [1.29, 1.82) is 0 Å². The molecule has 4 amide bonds. The zero-order valence-electron chi connectivity index (χ0n) is 25.3. The van der Waals surface area contributed by atoms with E-state index in [1.807, 2.05) is 0 Å². The van der Waals surface area contributed by atoms with Crippen LogP contribution in [-0.2, 0) is 47.8 Å². The lowest BCUT2D eigenvalue weighted by Crippen LogP contribution is -2.72. The van der Waals surface area contributed by atoms with E-state index in [1.54, 1.807) is 0 Å². The molecule has 0 saturated carbocycles. The van der Waals surface area contributed by atoms with E-state index >= 15 is 0 Å². The van der Waals surface area contributed by atoms with Crippen LogP contribution in [0.15, 0.2) is 0 Å². The number of aliphatic carboxylic acids is 3. The highest BCUT2D eigenvalue weighted by Crippen LogP contribution is 2.36. The number of rotatable bonds is 18. The van der Waals surface area contributed by atoms with Gasteiger partial charge >= 0.3 is 17.9 Å². The summed E-state index contributed by atoms with van der Waals surface area (Å²) in [6, 6.07) is -5.53. The summed E-state index contributed by atoms with van der Waals surface area (Å²) in [5.41, 5.74) is 3.01. The van der Waals surface area contributed by atoms with Crippen molar-refractivity contribution in [1.82, 2.24) is 21.3 Å². The molecule has 10 atom stereocenters. The number of fused-ring (bicyclic) bond motifs is 2. The summed E-state index contributed by atoms with van der Waals surface area (Å²) < 4.78 is 16.2. The Morgan fingerprint density at radius 2 is 1.52 bits per heavy atom. The third kappa shape index (κ3) is 10.3. The van der Waals surface area contributed by atoms with Crippen LogP contribution in [0.25, 0.3) is 0 Å². The normalized spacial score (nSPS) is 26.8. The van der Waals surface area contributed by atoms with Crippen LogP contribution in [0.1, 0.15) is 52.9 Å². The Morgan fingerprint density at radius 3 is 2.09 bits per heavy atom. The molecule has 2 saturated heterocycles. The number of aliphatic hydroxyl groups is 2. The van der Waals surface area contributed by atoms with Crippen molar-refractivity contribution in [2.75, 3.05) is 6.61 Å². The second kappa shape index (κ2) is 16.6. The van der Waals surface area contributed by atoms with Gasteiger partial charge in [0, 0.05) is 13.3 Å². The van der Waals surface area contributed by atoms with Crippen molar-refractivity contribution < 1.29 is 73.3 Å². The van der Waals surface area contributed by atoms with Gasteiger partial charge in [-0.1, -0.05) is 0 Å². The molecule has 2 rings (SSSR count). The minimum atomic E-state index is -2.37. The lowest BCUT2D eigenvalue weighted by atomic mass is 9.94. The first-order valence-electron chi connectivity index (χ1n) is 14.3. The number of nitrogens with one attached hydrogen (secondary N) is 4.